The highest BCUT2D eigenvalue weighted by molar-refractivity contribution is 5.75. The monoisotopic (exact) mass is 203 g/mol. The first-order valence-corrected chi connectivity index (χ1v) is 4.73. The van der Waals surface area contributed by atoms with Crippen LogP contribution in [0.4, 0.5) is 0 Å². The topological polar surface area (TPSA) is 67.8 Å². The minimum atomic E-state index is -0.722. The molecule has 1 saturated heterocycles. The number of hydrogen-bond donors (Lipinski definition) is 2. The molecule has 2 unspecified atom stereocenters. The van der Waals surface area contributed by atoms with Crippen LogP contribution in [0.25, 0.3) is 0 Å². The molecule has 0 bridgehead atoms. The Morgan fingerprint density at radius 2 is 2.43 bits per heavy atom. The average Bonchev–Trinajstić information content (AvgIpc) is 2.57. The lowest BCUT2D eigenvalue weighted by Gasteiger charge is -2.22. The van der Waals surface area contributed by atoms with Gasteiger partial charge >= 0.3 is 0 Å². The van der Waals surface area contributed by atoms with Crippen LogP contribution in [-0.4, -0.2) is 43.2 Å². The summed E-state index contributed by atoms with van der Waals surface area (Å²) in [6.07, 6.45) is 0.610. The van der Waals surface area contributed by atoms with Crippen molar-refractivity contribution in [2.45, 2.75) is 31.7 Å². The first-order valence-electron chi connectivity index (χ1n) is 4.73. The van der Waals surface area contributed by atoms with Gasteiger partial charge in [0.2, 0.25) is 5.91 Å². The maximum Gasteiger partial charge on any atom is 0.219 e. The van der Waals surface area contributed by atoms with Gasteiger partial charge in [-0.15, -0.1) is 0 Å². The third kappa shape index (κ3) is 2.94. The highest BCUT2D eigenvalue weighted by atomic mass is 16.7. The van der Waals surface area contributed by atoms with Crippen molar-refractivity contribution in [3.63, 3.8) is 0 Å². The number of rotatable bonds is 4. The molecule has 1 fully saturated rings. The van der Waals surface area contributed by atoms with Gasteiger partial charge in [-0.2, -0.15) is 0 Å². The van der Waals surface area contributed by atoms with Crippen molar-refractivity contribution in [1.29, 1.82) is 0 Å². The summed E-state index contributed by atoms with van der Waals surface area (Å²) in [5.74, 6) is -0.759. The van der Waals surface area contributed by atoms with E-state index < -0.39 is 5.79 Å². The highest BCUT2D eigenvalue weighted by Gasteiger charge is 2.36. The first-order chi connectivity index (χ1) is 6.59. The first kappa shape index (κ1) is 11.4. The number of carbonyl (C=O) groups excluding carboxylic acids is 1. The molecule has 1 aliphatic heterocycles. The second-order valence-corrected chi connectivity index (χ2v) is 3.54. The van der Waals surface area contributed by atoms with Gasteiger partial charge in [-0.25, -0.2) is 0 Å². The molecule has 0 radical (unpaired) electrons. The zero-order chi connectivity index (χ0) is 10.6. The highest BCUT2D eigenvalue weighted by Crippen LogP contribution is 2.27. The van der Waals surface area contributed by atoms with Crippen LogP contribution in [-0.2, 0) is 14.3 Å². The number of aliphatic hydroxyl groups excluding tert-OH is 1. The van der Waals surface area contributed by atoms with Crippen molar-refractivity contribution in [2.24, 2.45) is 0 Å². The van der Waals surface area contributed by atoms with Crippen LogP contribution in [0.1, 0.15) is 19.8 Å². The van der Waals surface area contributed by atoms with Gasteiger partial charge in [0.05, 0.1) is 13.2 Å². The molecule has 0 saturated carbocycles. The molecular formula is C9H17NO4. The molecule has 0 aromatic heterocycles. The third-order valence-corrected chi connectivity index (χ3v) is 2.28. The van der Waals surface area contributed by atoms with E-state index in [1.54, 1.807) is 14.0 Å². The second-order valence-electron chi connectivity index (χ2n) is 3.54. The second kappa shape index (κ2) is 4.72. The van der Waals surface area contributed by atoms with Crippen LogP contribution in [0.15, 0.2) is 0 Å². The van der Waals surface area contributed by atoms with Crippen molar-refractivity contribution in [1.82, 2.24) is 5.32 Å². The largest absolute Gasteiger partial charge is 0.394 e. The summed E-state index contributed by atoms with van der Waals surface area (Å²) in [5, 5.41) is 11.4. The summed E-state index contributed by atoms with van der Waals surface area (Å²) in [6, 6.07) is 0. The van der Waals surface area contributed by atoms with Crippen LogP contribution >= 0.6 is 0 Å². The molecule has 14 heavy (non-hydrogen) atoms. The van der Waals surface area contributed by atoms with Gasteiger partial charge in [0.1, 0.15) is 6.10 Å². The molecule has 5 heteroatoms. The Morgan fingerprint density at radius 3 is 2.93 bits per heavy atom. The van der Waals surface area contributed by atoms with E-state index in [1.807, 2.05) is 0 Å². The van der Waals surface area contributed by atoms with Gasteiger partial charge < -0.3 is 19.9 Å². The van der Waals surface area contributed by atoms with Crippen molar-refractivity contribution < 1.29 is 19.4 Å². The van der Waals surface area contributed by atoms with E-state index in [2.05, 4.69) is 5.32 Å². The Morgan fingerprint density at radius 1 is 1.71 bits per heavy atom. The number of amides is 1. The van der Waals surface area contributed by atoms with Gasteiger partial charge in [-0.05, 0) is 6.92 Å². The number of ether oxygens (including phenoxy) is 2. The van der Waals surface area contributed by atoms with Crippen molar-refractivity contribution >= 4 is 5.91 Å². The lowest BCUT2D eigenvalue weighted by Crippen LogP contribution is -2.30. The summed E-state index contributed by atoms with van der Waals surface area (Å²) < 4.78 is 10.8. The Bertz CT molecular complexity index is 209. The predicted molar refractivity (Wildman–Crippen MR) is 49.6 cm³/mol. The van der Waals surface area contributed by atoms with Crippen LogP contribution in [0.2, 0.25) is 0 Å². The van der Waals surface area contributed by atoms with E-state index in [0.29, 0.717) is 19.4 Å². The van der Waals surface area contributed by atoms with E-state index in [-0.39, 0.29) is 18.6 Å². The minimum Gasteiger partial charge on any atom is -0.394 e. The Balaban J connectivity index is 2.33. The van der Waals surface area contributed by atoms with Gasteiger partial charge in [-0.3, -0.25) is 4.79 Å². The van der Waals surface area contributed by atoms with E-state index in [1.165, 1.54) is 0 Å². The molecule has 0 aromatic rings. The van der Waals surface area contributed by atoms with E-state index >= 15 is 0 Å². The number of aliphatic hydroxyl groups is 1. The Labute approximate surface area is 83.4 Å². The maximum atomic E-state index is 11.0. The van der Waals surface area contributed by atoms with E-state index in [4.69, 9.17) is 14.6 Å². The molecule has 1 heterocycles. The predicted octanol–water partition coefficient (Wildman–Crippen LogP) is -0.364. The van der Waals surface area contributed by atoms with Crippen molar-refractivity contribution in [3.8, 4) is 0 Å². The molecule has 1 rings (SSSR count). The summed E-state index contributed by atoms with van der Waals surface area (Å²) in [7, 11) is 1.59. The van der Waals surface area contributed by atoms with Crippen LogP contribution in [0, 0.1) is 0 Å². The number of hydrogen-bond acceptors (Lipinski definition) is 4. The minimum absolute atomic E-state index is 0.0362. The number of nitrogens with one attached hydrogen (secondary N) is 1. The van der Waals surface area contributed by atoms with Gasteiger partial charge in [-0.1, -0.05) is 0 Å². The molecule has 0 aliphatic carbocycles. The zero-order valence-corrected chi connectivity index (χ0v) is 8.58. The van der Waals surface area contributed by atoms with Gasteiger partial charge in [0, 0.05) is 19.9 Å². The SMILES string of the molecule is CNC(=O)CCC1(C)OCC(CO)O1. The lowest BCUT2D eigenvalue weighted by atomic mass is 10.1. The molecule has 82 valence electrons. The maximum absolute atomic E-state index is 11.0. The smallest absolute Gasteiger partial charge is 0.219 e. The normalized spacial score (nSPS) is 31.8. The Kier molecular flexibility index (Phi) is 3.86. The summed E-state index contributed by atoms with van der Waals surface area (Å²) in [5.41, 5.74) is 0. The molecule has 2 N–H and O–H groups in total. The Hall–Kier alpha value is -0.650. The molecule has 0 spiro atoms. The fraction of sp³-hybridized carbons (Fsp3) is 0.889. The molecule has 0 aromatic carbocycles. The third-order valence-electron chi connectivity index (χ3n) is 2.28. The van der Waals surface area contributed by atoms with Gasteiger partial charge in [0.15, 0.2) is 5.79 Å². The zero-order valence-electron chi connectivity index (χ0n) is 8.58. The molecule has 1 amide bonds. The summed E-state index contributed by atoms with van der Waals surface area (Å²) in [4.78, 5) is 11.0. The molecule has 5 nitrogen and oxygen atoms in total. The molecule has 2 atom stereocenters. The lowest BCUT2D eigenvalue weighted by molar-refractivity contribution is -0.164. The van der Waals surface area contributed by atoms with E-state index in [9.17, 15) is 4.79 Å². The molecule has 1 aliphatic rings. The molecular weight excluding hydrogens is 186 g/mol. The van der Waals surface area contributed by atoms with Crippen LogP contribution in [0.5, 0.6) is 0 Å². The fourth-order valence-electron chi connectivity index (χ4n) is 1.38. The number of carbonyl (C=O) groups is 1. The van der Waals surface area contributed by atoms with Crippen molar-refractivity contribution in [3.05, 3.63) is 0 Å². The fourth-order valence-corrected chi connectivity index (χ4v) is 1.38. The van der Waals surface area contributed by atoms with E-state index in [0.717, 1.165) is 0 Å². The van der Waals surface area contributed by atoms with Crippen molar-refractivity contribution in [2.75, 3.05) is 20.3 Å². The average molecular weight is 203 g/mol. The standard InChI is InChI=1S/C9H17NO4/c1-9(4-3-8(12)10-2)13-6-7(5-11)14-9/h7,11H,3-6H2,1-2H3,(H,10,12). The quantitative estimate of drug-likeness (QED) is 0.654. The van der Waals surface area contributed by atoms with Gasteiger partial charge in [0.25, 0.3) is 0 Å². The van der Waals surface area contributed by atoms with Crippen LogP contribution < -0.4 is 5.32 Å². The van der Waals surface area contributed by atoms with Crippen LogP contribution in [0.3, 0.4) is 0 Å². The summed E-state index contributed by atoms with van der Waals surface area (Å²) >= 11 is 0. The summed E-state index contributed by atoms with van der Waals surface area (Å²) in [6.45, 7) is 2.13.